The number of nitrogens with zero attached hydrogens (tertiary/aromatic N) is 3. The third-order valence-corrected chi connectivity index (χ3v) is 7.34. The van der Waals surface area contributed by atoms with Crippen LogP contribution in [0.2, 0.25) is 5.02 Å². The first kappa shape index (κ1) is 26.2. The van der Waals surface area contributed by atoms with Gasteiger partial charge in [-0.25, -0.2) is 9.18 Å². The van der Waals surface area contributed by atoms with Gasteiger partial charge in [0.15, 0.2) is 4.20 Å². The maximum absolute atomic E-state index is 13.5. The highest BCUT2D eigenvalue weighted by Crippen LogP contribution is 2.55. The van der Waals surface area contributed by atoms with Crippen molar-refractivity contribution in [1.82, 2.24) is 4.98 Å². The van der Waals surface area contributed by atoms with Crippen LogP contribution in [0.25, 0.3) is 6.08 Å². The molecule has 0 saturated heterocycles. The highest BCUT2D eigenvalue weighted by molar-refractivity contribution is 8.11. The topological polar surface area (TPSA) is 73.1 Å². The number of thioether (sulfide) groups is 1. The lowest BCUT2D eigenvalue weighted by atomic mass is 10.2. The van der Waals surface area contributed by atoms with E-state index in [0.717, 1.165) is 17.3 Å². The highest BCUT2D eigenvalue weighted by atomic mass is 35.5. The van der Waals surface area contributed by atoms with Gasteiger partial charge in [-0.2, -0.15) is 10.2 Å². The van der Waals surface area contributed by atoms with Crippen molar-refractivity contribution in [2.24, 2.45) is 10.2 Å². The maximum atomic E-state index is 13.5. The van der Waals surface area contributed by atoms with Crippen LogP contribution >= 0.6 is 36.0 Å². The molecule has 0 amide bonds. The molecule has 2 atom stereocenters. The molecule has 1 aromatic heterocycles. The van der Waals surface area contributed by atoms with Gasteiger partial charge in [-0.05, 0) is 42.7 Å². The summed E-state index contributed by atoms with van der Waals surface area (Å²) in [7, 11) is 0. The third kappa shape index (κ3) is 7.09. The van der Waals surface area contributed by atoms with Gasteiger partial charge in [0.05, 0.1) is 24.4 Å². The SMILES string of the molecule is O=C(C=Cc1ccccc1)OCCCCOc1ccc(C2(S)N=NC(c3cncc(F)c3)S2)cc1Cl. The van der Waals surface area contributed by atoms with Crippen LogP contribution in [0, 0.1) is 5.82 Å². The molecule has 4 rings (SSSR count). The van der Waals surface area contributed by atoms with Crippen LogP contribution in [0.3, 0.4) is 0 Å². The Morgan fingerprint density at radius 2 is 1.94 bits per heavy atom. The Labute approximate surface area is 223 Å². The van der Waals surface area contributed by atoms with E-state index in [1.807, 2.05) is 36.4 Å². The van der Waals surface area contributed by atoms with E-state index in [9.17, 15) is 9.18 Å². The van der Waals surface area contributed by atoms with E-state index in [1.54, 1.807) is 24.4 Å². The number of halogens is 2. The van der Waals surface area contributed by atoms with E-state index in [0.29, 0.717) is 42.4 Å². The van der Waals surface area contributed by atoms with E-state index in [4.69, 9.17) is 33.7 Å². The first-order valence-electron chi connectivity index (χ1n) is 11.2. The smallest absolute Gasteiger partial charge is 0.330 e. The van der Waals surface area contributed by atoms with E-state index in [1.165, 1.54) is 23.9 Å². The minimum Gasteiger partial charge on any atom is -0.492 e. The van der Waals surface area contributed by atoms with Gasteiger partial charge < -0.3 is 9.47 Å². The van der Waals surface area contributed by atoms with Gasteiger partial charge in [0, 0.05) is 23.4 Å². The fourth-order valence-electron chi connectivity index (χ4n) is 3.31. The number of hydrogen-bond acceptors (Lipinski definition) is 8. The first-order valence-corrected chi connectivity index (χ1v) is 12.9. The number of unbranched alkanes of at least 4 members (excludes halogenated alkanes) is 1. The number of ether oxygens (including phenoxy) is 2. The van der Waals surface area contributed by atoms with Crippen LogP contribution in [-0.2, 0) is 13.7 Å². The number of thiol groups is 1. The molecule has 1 aliphatic rings. The Hall–Kier alpha value is -2.88. The molecule has 2 aromatic carbocycles. The van der Waals surface area contributed by atoms with Crippen LogP contribution in [-0.4, -0.2) is 24.2 Å². The number of pyridine rings is 1. The molecule has 6 nitrogen and oxygen atoms in total. The van der Waals surface area contributed by atoms with Crippen LogP contribution < -0.4 is 4.74 Å². The Bertz CT molecular complexity index is 1260. The highest BCUT2D eigenvalue weighted by Gasteiger charge is 2.38. The van der Waals surface area contributed by atoms with Crippen molar-refractivity contribution < 1.29 is 18.7 Å². The van der Waals surface area contributed by atoms with E-state index in [-0.39, 0.29) is 5.97 Å². The molecule has 0 spiro atoms. The van der Waals surface area contributed by atoms with Crippen molar-refractivity contribution in [2.45, 2.75) is 22.4 Å². The molecule has 0 fully saturated rings. The van der Waals surface area contributed by atoms with E-state index in [2.05, 4.69) is 15.2 Å². The second-order valence-electron chi connectivity index (χ2n) is 7.84. The summed E-state index contributed by atoms with van der Waals surface area (Å²) >= 11 is 12.5. The normalized spacial score (nSPS) is 19.0. The molecular weight excluding hydrogens is 521 g/mol. The van der Waals surface area contributed by atoms with Gasteiger partial charge in [0.2, 0.25) is 0 Å². The summed E-state index contributed by atoms with van der Waals surface area (Å²) in [4.78, 5) is 15.7. The zero-order valence-electron chi connectivity index (χ0n) is 19.1. The number of carbonyl (C=O) groups is 1. The van der Waals surface area contributed by atoms with E-state index >= 15 is 0 Å². The molecule has 0 N–H and O–H groups in total. The van der Waals surface area contributed by atoms with Crippen LogP contribution in [0.4, 0.5) is 4.39 Å². The molecule has 0 radical (unpaired) electrons. The quantitative estimate of drug-likeness (QED) is 0.126. The number of benzene rings is 2. The summed E-state index contributed by atoms with van der Waals surface area (Å²) in [6, 6.07) is 16.3. The number of esters is 1. The molecule has 2 unspecified atom stereocenters. The fourth-order valence-corrected chi connectivity index (χ4v) is 5.07. The van der Waals surface area contributed by atoms with Crippen molar-refractivity contribution in [3.63, 3.8) is 0 Å². The standard InChI is InChI=1S/C26H23ClFN3O3S2/c27-22-15-20(26(35)31-30-25(36-26)19-14-21(28)17-29-16-19)9-10-23(22)33-12-4-5-13-34-24(32)11-8-18-6-2-1-3-7-18/h1-3,6-11,14-17,25,35H,4-5,12-13H2. The van der Waals surface area contributed by atoms with Gasteiger partial charge in [-0.3, -0.25) is 4.98 Å². The minimum absolute atomic E-state index is 0.306. The van der Waals surface area contributed by atoms with Gasteiger partial charge in [-0.15, -0.1) is 12.6 Å². The number of rotatable bonds is 10. The zero-order chi connectivity index (χ0) is 25.4. The molecule has 10 heteroatoms. The lowest BCUT2D eigenvalue weighted by molar-refractivity contribution is -0.137. The van der Waals surface area contributed by atoms with Crippen molar-refractivity contribution in [2.75, 3.05) is 13.2 Å². The van der Waals surface area contributed by atoms with Crippen molar-refractivity contribution >= 4 is 48.0 Å². The second kappa shape index (κ2) is 12.4. The average Bonchev–Trinajstić information content (AvgIpc) is 3.29. The van der Waals surface area contributed by atoms with Crippen molar-refractivity contribution in [3.8, 4) is 5.75 Å². The summed E-state index contributed by atoms with van der Waals surface area (Å²) in [5, 5.41) is 8.54. The number of carbonyl (C=O) groups excluding carboxylic acids is 1. The lowest BCUT2D eigenvalue weighted by Crippen LogP contribution is -2.09. The first-order chi connectivity index (χ1) is 17.4. The largest absolute Gasteiger partial charge is 0.492 e. The Morgan fingerprint density at radius 1 is 1.14 bits per heavy atom. The van der Waals surface area contributed by atoms with Crippen molar-refractivity contribution in [1.29, 1.82) is 0 Å². The number of azo groups is 1. The molecule has 1 aliphatic heterocycles. The molecule has 0 saturated carbocycles. The van der Waals surface area contributed by atoms with Gasteiger partial charge in [0.25, 0.3) is 0 Å². The molecule has 186 valence electrons. The average molecular weight is 544 g/mol. The summed E-state index contributed by atoms with van der Waals surface area (Å²) in [5.41, 5.74) is 2.29. The molecule has 0 aliphatic carbocycles. The fraction of sp³-hybridized carbons (Fsp3) is 0.231. The number of hydrogen-bond donors (Lipinski definition) is 1. The second-order valence-corrected chi connectivity index (χ2v) is 10.5. The van der Waals surface area contributed by atoms with Gasteiger partial charge in [-0.1, -0.05) is 59.8 Å². The monoisotopic (exact) mass is 543 g/mol. The lowest BCUT2D eigenvalue weighted by Gasteiger charge is -2.20. The summed E-state index contributed by atoms with van der Waals surface area (Å²) < 4.78 is 23.5. The molecule has 36 heavy (non-hydrogen) atoms. The number of aromatic nitrogens is 1. The molecule has 0 bridgehead atoms. The van der Waals surface area contributed by atoms with Crippen LogP contribution in [0.1, 0.15) is 34.9 Å². The zero-order valence-corrected chi connectivity index (χ0v) is 21.6. The molecule has 2 heterocycles. The summed E-state index contributed by atoms with van der Waals surface area (Å²) in [5.74, 6) is -0.273. The van der Waals surface area contributed by atoms with E-state index < -0.39 is 15.4 Å². The van der Waals surface area contributed by atoms with Gasteiger partial charge >= 0.3 is 5.97 Å². The molecule has 3 aromatic rings. The van der Waals surface area contributed by atoms with Crippen LogP contribution in [0.5, 0.6) is 5.75 Å². The Kier molecular flexibility index (Phi) is 9.01. The predicted molar refractivity (Wildman–Crippen MR) is 143 cm³/mol. The summed E-state index contributed by atoms with van der Waals surface area (Å²) in [6.45, 7) is 0.728. The Balaban J connectivity index is 1.21. The van der Waals surface area contributed by atoms with Gasteiger partial charge in [0.1, 0.15) is 16.9 Å². The van der Waals surface area contributed by atoms with Crippen LogP contribution in [0.15, 0.2) is 83.3 Å². The summed E-state index contributed by atoms with van der Waals surface area (Å²) in [6.07, 6.45) is 7.19. The van der Waals surface area contributed by atoms with Crippen molar-refractivity contribution in [3.05, 3.63) is 101 Å². The third-order valence-electron chi connectivity index (χ3n) is 5.15. The predicted octanol–water partition coefficient (Wildman–Crippen LogP) is 7.23. The molecular formula is C26H23ClFN3O3S2. The minimum atomic E-state index is -0.960. The maximum Gasteiger partial charge on any atom is 0.330 e. The Morgan fingerprint density at radius 3 is 2.72 bits per heavy atom.